The normalized spacial score (nSPS) is 11.0. The van der Waals surface area contributed by atoms with Crippen molar-refractivity contribution in [3.8, 4) is 11.1 Å². The van der Waals surface area contributed by atoms with E-state index in [0.717, 1.165) is 6.04 Å². The molecule has 0 heterocycles. The van der Waals surface area contributed by atoms with Crippen LogP contribution >= 0.6 is 0 Å². The molecule has 236 valence electrons. The van der Waals surface area contributed by atoms with Gasteiger partial charge in [-0.05, 0) is 45.9 Å². The van der Waals surface area contributed by atoms with E-state index in [1.54, 1.807) is 15.9 Å². The van der Waals surface area contributed by atoms with E-state index in [1.807, 2.05) is 0 Å². The van der Waals surface area contributed by atoms with Crippen molar-refractivity contribution in [2.24, 2.45) is 0 Å². The maximum absolute atomic E-state index is 2.57. The van der Waals surface area contributed by atoms with Crippen molar-refractivity contribution in [1.29, 1.82) is 0 Å². The fraction of sp³-hybridized carbons (Fsp3) is 0.410. The summed E-state index contributed by atoms with van der Waals surface area (Å²) >= 11 is 0. The molecule has 0 bridgehead atoms. The summed E-state index contributed by atoms with van der Waals surface area (Å²) in [5.74, 6) is 2.08. The second-order valence-corrected chi connectivity index (χ2v) is 16.2. The Bertz CT molecular complexity index is 1350. The summed E-state index contributed by atoms with van der Waals surface area (Å²) in [4.78, 5) is 0. The minimum atomic E-state index is -1.64. The number of rotatable bonds is 9. The molecule has 44 heavy (non-hydrogen) atoms. The van der Waals surface area contributed by atoms with Gasteiger partial charge >= 0.3 is 21.7 Å². The minimum Gasteiger partial charge on any atom is -1.00 e. The van der Waals surface area contributed by atoms with Crippen molar-refractivity contribution >= 4 is 19.2 Å². The van der Waals surface area contributed by atoms with Crippen LogP contribution in [0.15, 0.2) is 66.7 Å². The van der Waals surface area contributed by atoms with Gasteiger partial charge in [0.1, 0.15) is 0 Å². The summed E-state index contributed by atoms with van der Waals surface area (Å²) in [5, 5.41) is 3.20. The zero-order valence-electron chi connectivity index (χ0n) is 28.6. The monoisotopic (exact) mass is 700 g/mol. The number of halogens is 3. The van der Waals surface area contributed by atoms with Crippen molar-refractivity contribution in [3.63, 3.8) is 0 Å². The molecule has 4 aromatic carbocycles. The molecule has 0 aliphatic heterocycles. The standard InChI is InChI=1S/C39H51Si.3ClH.Ti/c1-24(2)32-17-33(25(3)4)20-36(19-32)40(37-21-34(26(5)6)18-35(22-37)27(7)8)23-38-29(10)28(9)30(11)39(38)31-15-13-12-14-16-31;;;;/h12-22,24-27,40H,23H2,1-11H3;3*1H;/q-1;;;;+4/p-3. The van der Waals surface area contributed by atoms with Gasteiger partial charge in [-0.25, -0.2) is 0 Å². The second-order valence-electron chi connectivity index (χ2n) is 13.3. The fourth-order valence-corrected chi connectivity index (χ4v) is 9.48. The largest absolute Gasteiger partial charge is 4.00 e. The molecule has 0 N–H and O–H groups in total. The summed E-state index contributed by atoms with van der Waals surface area (Å²) in [6.45, 7) is 25.8. The predicted molar refractivity (Wildman–Crippen MR) is 181 cm³/mol. The Kier molecular flexibility index (Phi) is 17.7. The van der Waals surface area contributed by atoms with Crippen molar-refractivity contribution in [2.45, 2.75) is 106 Å². The van der Waals surface area contributed by atoms with Crippen molar-refractivity contribution in [2.75, 3.05) is 0 Å². The van der Waals surface area contributed by atoms with Gasteiger partial charge in [-0.15, -0.1) is 16.7 Å². The van der Waals surface area contributed by atoms with Gasteiger partial charge < -0.3 is 37.2 Å². The van der Waals surface area contributed by atoms with E-state index in [4.69, 9.17) is 0 Å². The van der Waals surface area contributed by atoms with Crippen LogP contribution in [0.3, 0.4) is 0 Å². The van der Waals surface area contributed by atoms with Crippen LogP contribution in [0.5, 0.6) is 0 Å². The molecule has 0 aliphatic carbocycles. The summed E-state index contributed by atoms with van der Waals surface area (Å²) in [5.41, 5.74) is 14.7. The topological polar surface area (TPSA) is 0 Å². The quantitative estimate of drug-likeness (QED) is 0.178. The molecule has 0 saturated carbocycles. The molecular formula is C39H51Cl3SiTi. The summed E-state index contributed by atoms with van der Waals surface area (Å²) < 4.78 is 0. The predicted octanol–water partition coefficient (Wildman–Crippen LogP) is 0.624. The molecule has 5 heteroatoms. The molecule has 0 nitrogen and oxygen atoms in total. The Morgan fingerprint density at radius 1 is 0.545 bits per heavy atom. The van der Waals surface area contributed by atoms with E-state index < -0.39 is 8.80 Å². The molecule has 0 spiro atoms. The van der Waals surface area contributed by atoms with Crippen LogP contribution in [-0.2, 0) is 27.8 Å². The fourth-order valence-electron chi connectivity index (χ4n) is 6.13. The van der Waals surface area contributed by atoms with E-state index in [0.29, 0.717) is 23.7 Å². The molecule has 0 atom stereocenters. The maximum atomic E-state index is 2.57. The van der Waals surface area contributed by atoms with Gasteiger partial charge in [0.05, 0.1) is 8.80 Å². The number of hydrogen-bond donors (Lipinski definition) is 0. The first-order chi connectivity index (χ1) is 18.9. The van der Waals surface area contributed by atoms with E-state index >= 15 is 0 Å². The third kappa shape index (κ3) is 9.43. The first kappa shape index (κ1) is 42.8. The van der Waals surface area contributed by atoms with Gasteiger partial charge in [0, 0.05) is 0 Å². The Labute approximate surface area is 304 Å². The van der Waals surface area contributed by atoms with Crippen LogP contribution in [0.1, 0.15) is 124 Å². The molecule has 0 fully saturated rings. The average molecular weight is 702 g/mol. The van der Waals surface area contributed by atoms with E-state index in [9.17, 15) is 0 Å². The van der Waals surface area contributed by atoms with Gasteiger partial charge in [0.25, 0.3) is 0 Å². The average Bonchev–Trinajstić information content (AvgIpc) is 3.14. The summed E-state index contributed by atoms with van der Waals surface area (Å²) in [6.07, 6.45) is 0. The van der Waals surface area contributed by atoms with Crippen LogP contribution in [0, 0.1) is 20.8 Å². The van der Waals surface area contributed by atoms with Crippen LogP contribution in [-0.4, -0.2) is 8.80 Å². The molecule has 4 aromatic rings. The summed E-state index contributed by atoms with van der Waals surface area (Å²) in [6, 6.07) is 27.5. The molecule has 0 radical (unpaired) electrons. The number of hydrogen-bond acceptors (Lipinski definition) is 0. The van der Waals surface area contributed by atoms with E-state index in [-0.39, 0.29) is 58.9 Å². The number of benzene rings is 3. The zero-order chi connectivity index (χ0) is 29.3. The molecular weight excluding hydrogens is 651 g/mol. The third-order valence-corrected chi connectivity index (χ3v) is 12.3. The van der Waals surface area contributed by atoms with Crippen LogP contribution < -0.4 is 47.6 Å². The Morgan fingerprint density at radius 2 is 0.909 bits per heavy atom. The van der Waals surface area contributed by atoms with Crippen LogP contribution in [0.25, 0.3) is 11.1 Å². The second kappa shape index (κ2) is 18.2. The van der Waals surface area contributed by atoms with E-state index in [2.05, 4.69) is 143 Å². The molecule has 0 amide bonds. The van der Waals surface area contributed by atoms with Crippen molar-refractivity contribution < 1.29 is 58.9 Å². The molecule has 0 unspecified atom stereocenters. The molecule has 0 aromatic heterocycles. The van der Waals surface area contributed by atoms with Gasteiger partial charge in [0.15, 0.2) is 0 Å². The van der Waals surface area contributed by atoms with Gasteiger partial charge in [-0.1, -0.05) is 165 Å². The Hall–Kier alpha value is -1.19. The smallest absolute Gasteiger partial charge is 1.00 e. The maximum Gasteiger partial charge on any atom is 4.00 e. The van der Waals surface area contributed by atoms with E-state index in [1.165, 1.54) is 50.1 Å². The minimum absolute atomic E-state index is 0. The molecule has 0 saturated heterocycles. The van der Waals surface area contributed by atoms with Crippen LogP contribution in [0.4, 0.5) is 0 Å². The van der Waals surface area contributed by atoms with Crippen LogP contribution in [0.2, 0.25) is 0 Å². The van der Waals surface area contributed by atoms with Crippen molar-refractivity contribution in [1.82, 2.24) is 0 Å². The van der Waals surface area contributed by atoms with Gasteiger partial charge in [-0.3, -0.25) is 0 Å². The molecule has 0 aliphatic rings. The molecule has 4 rings (SSSR count). The van der Waals surface area contributed by atoms with Crippen molar-refractivity contribution in [3.05, 3.63) is 111 Å². The zero-order valence-corrected chi connectivity index (χ0v) is 33.6. The van der Waals surface area contributed by atoms with Gasteiger partial charge in [0.2, 0.25) is 0 Å². The summed E-state index contributed by atoms with van der Waals surface area (Å²) in [7, 11) is -1.64. The Morgan fingerprint density at radius 3 is 1.25 bits per heavy atom. The Balaban J connectivity index is 0.00000462. The SMILES string of the molecule is Cc1c(C)c(-c2ccccc2)[c-](C[SiH](c2cc(C(C)C)cc(C(C)C)c2)c2cc(C(C)C)cc(C(C)C)c2)c1C.[Cl-].[Cl-].[Cl-].[Ti+4]. The first-order valence-corrected chi connectivity index (χ1v) is 17.5. The first-order valence-electron chi connectivity index (χ1n) is 15.5. The third-order valence-electron chi connectivity index (χ3n) is 9.20. The van der Waals surface area contributed by atoms with Gasteiger partial charge in [-0.2, -0.15) is 11.1 Å².